The van der Waals surface area contributed by atoms with Crippen LogP contribution in [0.5, 0.6) is 0 Å². The molecule has 3 heterocycles. The lowest BCUT2D eigenvalue weighted by Gasteiger charge is -2.48. The van der Waals surface area contributed by atoms with E-state index in [1.54, 1.807) is 0 Å². The second kappa shape index (κ2) is 7.80. The Balaban J connectivity index is 1.73. The summed E-state index contributed by atoms with van der Waals surface area (Å²) in [5.41, 5.74) is 2.64. The topological polar surface area (TPSA) is 69.3 Å². The minimum atomic E-state index is 0.0366. The molecule has 2 aliphatic heterocycles. The number of unbranched alkanes of at least 4 members (excludes halogenated alkanes) is 1. The molecule has 1 spiro atoms. The molecular formula is C20H32N4O2. The molecule has 2 aliphatic rings. The Bertz CT molecular complexity index is 669. The van der Waals surface area contributed by atoms with Gasteiger partial charge in [0.15, 0.2) is 5.69 Å². The van der Waals surface area contributed by atoms with Gasteiger partial charge in [-0.1, -0.05) is 20.3 Å². The second-order valence-corrected chi connectivity index (χ2v) is 8.03. The number of aromatic amines is 1. The molecule has 2 amide bonds. The van der Waals surface area contributed by atoms with E-state index in [1.165, 1.54) is 0 Å². The number of aryl methyl sites for hydroxylation is 1. The van der Waals surface area contributed by atoms with Crippen LogP contribution in [0, 0.1) is 12.3 Å². The van der Waals surface area contributed by atoms with Gasteiger partial charge in [0.1, 0.15) is 0 Å². The predicted octanol–water partition coefficient (Wildman–Crippen LogP) is 2.93. The molecule has 1 aromatic rings. The highest BCUT2D eigenvalue weighted by Crippen LogP contribution is 2.39. The highest BCUT2D eigenvalue weighted by Gasteiger charge is 2.43. The first kappa shape index (κ1) is 18.9. The van der Waals surface area contributed by atoms with E-state index in [0.717, 1.165) is 76.0 Å². The summed E-state index contributed by atoms with van der Waals surface area (Å²) in [6, 6.07) is 0. The number of amides is 2. The van der Waals surface area contributed by atoms with Crippen LogP contribution < -0.4 is 0 Å². The van der Waals surface area contributed by atoms with Crippen LogP contribution in [0.25, 0.3) is 0 Å². The third-order valence-corrected chi connectivity index (χ3v) is 6.15. The maximum Gasteiger partial charge on any atom is 0.274 e. The van der Waals surface area contributed by atoms with Gasteiger partial charge in [-0.15, -0.1) is 0 Å². The van der Waals surface area contributed by atoms with Gasteiger partial charge in [-0.2, -0.15) is 5.10 Å². The van der Waals surface area contributed by atoms with Crippen molar-refractivity contribution in [3.63, 3.8) is 0 Å². The summed E-state index contributed by atoms with van der Waals surface area (Å²) >= 11 is 0. The number of hydrogen-bond donors (Lipinski definition) is 1. The summed E-state index contributed by atoms with van der Waals surface area (Å²) in [5.74, 6) is 0.317. The number of carbonyl (C=O) groups excluding carboxylic acids is 2. The Labute approximate surface area is 156 Å². The molecule has 0 aromatic carbocycles. The molecule has 1 N–H and O–H groups in total. The van der Waals surface area contributed by atoms with Gasteiger partial charge in [-0.3, -0.25) is 14.7 Å². The molecule has 6 nitrogen and oxygen atoms in total. The van der Waals surface area contributed by atoms with Gasteiger partial charge in [0.2, 0.25) is 5.91 Å². The normalized spacial score (nSPS) is 23.7. The van der Waals surface area contributed by atoms with Gasteiger partial charge in [-0.05, 0) is 39.0 Å². The lowest BCUT2D eigenvalue weighted by atomic mass is 9.73. The fourth-order valence-corrected chi connectivity index (χ4v) is 4.51. The minimum Gasteiger partial charge on any atom is -0.342 e. The summed E-state index contributed by atoms with van der Waals surface area (Å²) in [7, 11) is 0. The quantitative estimate of drug-likeness (QED) is 0.878. The number of piperidine rings is 2. The van der Waals surface area contributed by atoms with Crippen LogP contribution in [0.15, 0.2) is 0 Å². The van der Waals surface area contributed by atoms with E-state index in [9.17, 15) is 9.59 Å². The van der Waals surface area contributed by atoms with Gasteiger partial charge in [0.05, 0.1) is 0 Å². The van der Waals surface area contributed by atoms with Crippen LogP contribution in [0.4, 0.5) is 0 Å². The van der Waals surface area contributed by atoms with Gasteiger partial charge < -0.3 is 9.80 Å². The lowest BCUT2D eigenvalue weighted by molar-refractivity contribution is -0.139. The van der Waals surface area contributed by atoms with Gasteiger partial charge in [0, 0.05) is 49.3 Å². The number of hydrogen-bond acceptors (Lipinski definition) is 3. The summed E-state index contributed by atoms with van der Waals surface area (Å²) in [6.45, 7) is 9.38. The van der Waals surface area contributed by atoms with E-state index >= 15 is 0 Å². The molecule has 0 bridgehead atoms. The number of rotatable bonds is 5. The van der Waals surface area contributed by atoms with Crippen LogP contribution in [0.3, 0.4) is 0 Å². The molecule has 144 valence electrons. The summed E-state index contributed by atoms with van der Waals surface area (Å²) in [4.78, 5) is 29.3. The van der Waals surface area contributed by atoms with Crippen molar-refractivity contribution in [3.8, 4) is 0 Å². The molecule has 0 saturated carbocycles. The molecule has 0 aliphatic carbocycles. The van der Waals surface area contributed by atoms with E-state index in [2.05, 4.69) is 24.0 Å². The Morgan fingerprint density at radius 3 is 2.77 bits per heavy atom. The molecule has 1 aromatic heterocycles. The Morgan fingerprint density at radius 2 is 2.08 bits per heavy atom. The molecule has 26 heavy (non-hydrogen) atoms. The lowest BCUT2D eigenvalue weighted by Crippen LogP contribution is -2.55. The largest absolute Gasteiger partial charge is 0.342 e. The van der Waals surface area contributed by atoms with Gasteiger partial charge in [-0.25, -0.2) is 0 Å². The third kappa shape index (κ3) is 3.64. The van der Waals surface area contributed by atoms with Crippen molar-refractivity contribution in [3.05, 3.63) is 17.0 Å². The Morgan fingerprint density at radius 1 is 1.27 bits per heavy atom. The average molecular weight is 361 g/mol. The average Bonchev–Trinajstić information content (AvgIpc) is 3.02. The predicted molar refractivity (Wildman–Crippen MR) is 101 cm³/mol. The SMILES string of the molecule is CCCCN1CC2(CCCN(C(=O)c3n[nH]c(CC)c3C)C2)CCC1=O. The highest BCUT2D eigenvalue weighted by atomic mass is 16.2. The zero-order valence-corrected chi connectivity index (χ0v) is 16.4. The van der Waals surface area contributed by atoms with Crippen molar-refractivity contribution in [2.45, 2.75) is 65.7 Å². The van der Waals surface area contributed by atoms with Crippen molar-refractivity contribution >= 4 is 11.8 Å². The first-order valence-corrected chi connectivity index (χ1v) is 10.1. The first-order valence-electron chi connectivity index (χ1n) is 10.1. The van der Waals surface area contributed by atoms with Gasteiger partial charge in [0.25, 0.3) is 5.91 Å². The van der Waals surface area contributed by atoms with E-state index in [0.29, 0.717) is 12.1 Å². The van der Waals surface area contributed by atoms with E-state index in [4.69, 9.17) is 0 Å². The second-order valence-electron chi connectivity index (χ2n) is 8.03. The highest BCUT2D eigenvalue weighted by molar-refractivity contribution is 5.94. The first-order chi connectivity index (χ1) is 12.5. The van der Waals surface area contributed by atoms with Crippen molar-refractivity contribution in [1.82, 2.24) is 20.0 Å². The fourth-order valence-electron chi connectivity index (χ4n) is 4.51. The summed E-state index contributed by atoms with van der Waals surface area (Å²) < 4.78 is 0. The number of carbonyl (C=O) groups is 2. The summed E-state index contributed by atoms with van der Waals surface area (Å²) in [6.07, 6.45) is 6.63. The van der Waals surface area contributed by atoms with Crippen LogP contribution >= 0.6 is 0 Å². The Kier molecular flexibility index (Phi) is 5.68. The van der Waals surface area contributed by atoms with Crippen molar-refractivity contribution in [2.75, 3.05) is 26.2 Å². The van der Waals surface area contributed by atoms with Crippen LogP contribution in [0.1, 0.15) is 74.1 Å². The molecule has 2 saturated heterocycles. The number of likely N-dealkylation sites (tertiary alicyclic amines) is 2. The molecule has 1 atom stereocenters. The Hall–Kier alpha value is -1.85. The molecule has 3 rings (SSSR count). The van der Waals surface area contributed by atoms with Crippen LogP contribution in [0.2, 0.25) is 0 Å². The zero-order chi connectivity index (χ0) is 18.7. The van der Waals surface area contributed by atoms with E-state index in [1.807, 2.05) is 16.7 Å². The van der Waals surface area contributed by atoms with Crippen molar-refractivity contribution in [2.24, 2.45) is 5.41 Å². The number of nitrogens with zero attached hydrogens (tertiary/aromatic N) is 3. The maximum atomic E-state index is 13.1. The number of aromatic nitrogens is 2. The standard InChI is InChI=1S/C20H32N4O2/c1-4-6-11-23-13-20(10-8-17(23)25)9-7-12-24(14-20)19(26)18-15(3)16(5-2)21-22-18/h4-14H2,1-3H3,(H,21,22). The smallest absolute Gasteiger partial charge is 0.274 e. The van der Waals surface area contributed by atoms with Gasteiger partial charge >= 0.3 is 0 Å². The monoisotopic (exact) mass is 360 g/mol. The molecule has 0 radical (unpaired) electrons. The van der Waals surface area contributed by atoms with Crippen LogP contribution in [-0.2, 0) is 11.2 Å². The molecular weight excluding hydrogens is 328 g/mol. The fraction of sp³-hybridized carbons (Fsp3) is 0.750. The summed E-state index contributed by atoms with van der Waals surface area (Å²) in [5, 5.41) is 7.28. The van der Waals surface area contributed by atoms with Crippen molar-refractivity contribution in [1.29, 1.82) is 0 Å². The van der Waals surface area contributed by atoms with Crippen LogP contribution in [-0.4, -0.2) is 58.0 Å². The zero-order valence-electron chi connectivity index (χ0n) is 16.4. The maximum absolute atomic E-state index is 13.1. The van der Waals surface area contributed by atoms with Crippen molar-refractivity contribution < 1.29 is 9.59 Å². The van der Waals surface area contributed by atoms with E-state index in [-0.39, 0.29) is 17.2 Å². The number of H-pyrrole nitrogens is 1. The molecule has 1 unspecified atom stereocenters. The molecule has 6 heteroatoms. The minimum absolute atomic E-state index is 0.0366. The van der Waals surface area contributed by atoms with E-state index < -0.39 is 0 Å². The number of nitrogens with one attached hydrogen (secondary N) is 1. The molecule has 2 fully saturated rings. The third-order valence-electron chi connectivity index (χ3n) is 6.15.